The molecular formula is C17H18O5. The first kappa shape index (κ1) is 16.0. The smallest absolute Gasteiger partial charge is 0.335 e. The number of carboxylic acid groups (broad SMARTS) is 1. The summed E-state index contributed by atoms with van der Waals surface area (Å²) >= 11 is 0. The molecule has 5 heteroatoms. The molecule has 0 aliphatic carbocycles. The standard InChI is InChI=1S/C17H18O5/c1-21-16(17(19)20)15(18)13-7-9-14(10-8-13)22-11-12-5-3-2-4-6-12/h2-10,15-16,18H,11H2,1H3,(H,19,20). The van der Waals surface area contributed by atoms with Crippen LogP contribution in [0.5, 0.6) is 5.75 Å². The molecule has 0 aromatic heterocycles. The molecule has 2 rings (SSSR count). The topological polar surface area (TPSA) is 76.0 Å². The van der Waals surface area contributed by atoms with Crippen molar-refractivity contribution in [2.75, 3.05) is 7.11 Å². The van der Waals surface area contributed by atoms with Crippen molar-refractivity contribution < 1.29 is 24.5 Å². The van der Waals surface area contributed by atoms with E-state index in [0.717, 1.165) is 5.56 Å². The molecule has 2 N–H and O–H groups in total. The van der Waals surface area contributed by atoms with E-state index in [9.17, 15) is 9.90 Å². The van der Waals surface area contributed by atoms with Crippen LogP contribution in [0.2, 0.25) is 0 Å². The Morgan fingerprint density at radius 1 is 1.09 bits per heavy atom. The average molecular weight is 302 g/mol. The average Bonchev–Trinajstić information content (AvgIpc) is 2.54. The number of rotatable bonds is 7. The maximum absolute atomic E-state index is 11.0. The van der Waals surface area contributed by atoms with Crippen molar-refractivity contribution in [1.29, 1.82) is 0 Å². The number of ether oxygens (including phenoxy) is 2. The minimum absolute atomic E-state index is 0.443. The Kier molecular flexibility index (Phi) is 5.52. The molecule has 0 amide bonds. The van der Waals surface area contributed by atoms with Gasteiger partial charge in [0.1, 0.15) is 18.5 Å². The van der Waals surface area contributed by atoms with Gasteiger partial charge in [0.2, 0.25) is 0 Å². The summed E-state index contributed by atoms with van der Waals surface area (Å²) in [5, 5.41) is 19.0. The van der Waals surface area contributed by atoms with Crippen molar-refractivity contribution in [3.63, 3.8) is 0 Å². The first-order valence-electron chi connectivity index (χ1n) is 6.82. The molecule has 0 bridgehead atoms. The number of methoxy groups -OCH3 is 1. The van der Waals surface area contributed by atoms with Gasteiger partial charge < -0.3 is 19.7 Å². The van der Waals surface area contributed by atoms with Crippen molar-refractivity contribution in [2.24, 2.45) is 0 Å². The van der Waals surface area contributed by atoms with E-state index in [1.807, 2.05) is 30.3 Å². The second-order valence-electron chi connectivity index (χ2n) is 4.78. The highest BCUT2D eigenvalue weighted by Crippen LogP contribution is 2.22. The molecule has 0 saturated heterocycles. The normalized spacial score (nSPS) is 13.4. The van der Waals surface area contributed by atoms with Gasteiger partial charge in [0.15, 0.2) is 6.10 Å². The van der Waals surface area contributed by atoms with E-state index >= 15 is 0 Å². The summed E-state index contributed by atoms with van der Waals surface area (Å²) in [5.41, 5.74) is 1.51. The second-order valence-corrected chi connectivity index (χ2v) is 4.78. The van der Waals surface area contributed by atoms with Crippen LogP contribution >= 0.6 is 0 Å². The molecule has 0 spiro atoms. The van der Waals surface area contributed by atoms with Gasteiger partial charge in [0, 0.05) is 7.11 Å². The number of aliphatic hydroxyl groups is 1. The molecule has 22 heavy (non-hydrogen) atoms. The number of hydrogen-bond donors (Lipinski definition) is 2. The number of carboxylic acids is 1. The van der Waals surface area contributed by atoms with Crippen molar-refractivity contribution >= 4 is 5.97 Å². The summed E-state index contributed by atoms with van der Waals surface area (Å²) in [7, 11) is 1.25. The van der Waals surface area contributed by atoms with E-state index < -0.39 is 18.2 Å². The Bertz CT molecular complexity index is 594. The van der Waals surface area contributed by atoms with E-state index in [4.69, 9.17) is 14.6 Å². The van der Waals surface area contributed by atoms with E-state index in [0.29, 0.717) is 17.9 Å². The molecule has 2 aromatic carbocycles. The van der Waals surface area contributed by atoms with Crippen LogP contribution in [0, 0.1) is 0 Å². The zero-order valence-corrected chi connectivity index (χ0v) is 12.2. The van der Waals surface area contributed by atoms with E-state index in [1.54, 1.807) is 24.3 Å². The molecule has 0 heterocycles. The van der Waals surface area contributed by atoms with Gasteiger partial charge in [-0.05, 0) is 23.3 Å². The monoisotopic (exact) mass is 302 g/mol. The van der Waals surface area contributed by atoms with Crippen LogP contribution in [0.3, 0.4) is 0 Å². The van der Waals surface area contributed by atoms with E-state index in [-0.39, 0.29) is 0 Å². The molecule has 116 valence electrons. The quantitative estimate of drug-likeness (QED) is 0.821. The molecule has 0 saturated carbocycles. The highest BCUT2D eigenvalue weighted by atomic mass is 16.5. The fourth-order valence-electron chi connectivity index (χ4n) is 2.04. The maximum Gasteiger partial charge on any atom is 0.335 e. The highest BCUT2D eigenvalue weighted by molar-refractivity contribution is 5.73. The van der Waals surface area contributed by atoms with Gasteiger partial charge in [-0.2, -0.15) is 0 Å². The number of aliphatic hydroxyl groups excluding tert-OH is 1. The lowest BCUT2D eigenvalue weighted by Gasteiger charge is -2.18. The molecule has 2 aromatic rings. The Labute approximate surface area is 128 Å². The van der Waals surface area contributed by atoms with Crippen LogP contribution in [-0.4, -0.2) is 29.4 Å². The predicted molar refractivity (Wildman–Crippen MR) is 80.6 cm³/mol. The van der Waals surface area contributed by atoms with Crippen molar-refractivity contribution in [3.8, 4) is 5.75 Å². The molecule has 0 radical (unpaired) electrons. The lowest BCUT2D eigenvalue weighted by atomic mass is 10.0. The first-order chi connectivity index (χ1) is 10.6. The van der Waals surface area contributed by atoms with Crippen LogP contribution in [-0.2, 0) is 16.1 Å². The lowest BCUT2D eigenvalue weighted by molar-refractivity contribution is -0.155. The zero-order chi connectivity index (χ0) is 15.9. The van der Waals surface area contributed by atoms with Crippen LogP contribution in [0.15, 0.2) is 54.6 Å². The Morgan fingerprint density at radius 3 is 2.27 bits per heavy atom. The Balaban J connectivity index is 1.99. The fourth-order valence-corrected chi connectivity index (χ4v) is 2.04. The maximum atomic E-state index is 11.0. The van der Waals surface area contributed by atoms with Gasteiger partial charge in [-0.15, -0.1) is 0 Å². The number of carbonyl (C=O) groups is 1. The van der Waals surface area contributed by atoms with Gasteiger partial charge in [0.05, 0.1) is 0 Å². The fraction of sp³-hybridized carbons (Fsp3) is 0.235. The SMILES string of the molecule is COC(C(=O)O)C(O)c1ccc(OCc2ccccc2)cc1. The second kappa shape index (κ2) is 7.59. The van der Waals surface area contributed by atoms with E-state index in [2.05, 4.69) is 0 Å². The molecule has 0 fully saturated rings. The zero-order valence-electron chi connectivity index (χ0n) is 12.2. The number of aliphatic carboxylic acids is 1. The number of hydrogen-bond acceptors (Lipinski definition) is 4. The van der Waals surface area contributed by atoms with E-state index in [1.165, 1.54) is 7.11 Å². The summed E-state index contributed by atoms with van der Waals surface area (Å²) in [6.45, 7) is 0.443. The Morgan fingerprint density at radius 2 is 1.73 bits per heavy atom. The molecular weight excluding hydrogens is 284 g/mol. The van der Waals surface area contributed by atoms with Crippen molar-refractivity contribution in [2.45, 2.75) is 18.8 Å². The largest absolute Gasteiger partial charge is 0.489 e. The van der Waals surface area contributed by atoms with Gasteiger partial charge >= 0.3 is 5.97 Å². The molecule has 2 atom stereocenters. The third-order valence-electron chi connectivity index (χ3n) is 3.25. The summed E-state index contributed by atoms with van der Waals surface area (Å²) in [6.07, 6.45) is -2.53. The van der Waals surface area contributed by atoms with Gasteiger partial charge in [-0.3, -0.25) is 0 Å². The van der Waals surface area contributed by atoms with Crippen LogP contribution < -0.4 is 4.74 Å². The highest BCUT2D eigenvalue weighted by Gasteiger charge is 2.27. The van der Waals surface area contributed by atoms with Gasteiger partial charge in [-0.1, -0.05) is 42.5 Å². The molecule has 2 unspecified atom stereocenters. The minimum atomic E-state index is -1.30. The van der Waals surface area contributed by atoms with Crippen LogP contribution in [0.1, 0.15) is 17.2 Å². The molecule has 5 nitrogen and oxygen atoms in total. The molecule has 0 aliphatic heterocycles. The summed E-state index contributed by atoms with van der Waals surface area (Å²) in [6, 6.07) is 16.4. The first-order valence-corrected chi connectivity index (χ1v) is 6.82. The van der Waals surface area contributed by atoms with Gasteiger partial charge in [-0.25, -0.2) is 4.79 Å². The van der Waals surface area contributed by atoms with Crippen LogP contribution in [0.4, 0.5) is 0 Å². The lowest BCUT2D eigenvalue weighted by Crippen LogP contribution is -2.29. The van der Waals surface area contributed by atoms with Crippen molar-refractivity contribution in [1.82, 2.24) is 0 Å². The summed E-state index contributed by atoms with van der Waals surface area (Å²) in [5.74, 6) is -0.566. The Hall–Kier alpha value is -2.37. The predicted octanol–water partition coefficient (Wildman–Crippen LogP) is 2.40. The number of benzene rings is 2. The summed E-state index contributed by atoms with van der Waals surface area (Å²) < 4.78 is 10.4. The summed E-state index contributed by atoms with van der Waals surface area (Å²) in [4.78, 5) is 11.0. The van der Waals surface area contributed by atoms with Gasteiger partial charge in [0.25, 0.3) is 0 Å². The van der Waals surface area contributed by atoms with Crippen molar-refractivity contribution in [3.05, 3.63) is 65.7 Å². The third kappa shape index (κ3) is 4.07. The van der Waals surface area contributed by atoms with Crippen LogP contribution in [0.25, 0.3) is 0 Å². The molecule has 0 aliphatic rings. The third-order valence-corrected chi connectivity index (χ3v) is 3.25. The minimum Gasteiger partial charge on any atom is -0.489 e.